The maximum absolute atomic E-state index is 12.6. The lowest BCUT2D eigenvalue weighted by molar-refractivity contribution is -0.122. The number of ketones is 1. The molecule has 3 aromatic rings. The Morgan fingerprint density at radius 1 is 1.11 bits per heavy atom. The second kappa shape index (κ2) is 9.46. The molecule has 1 aliphatic heterocycles. The van der Waals surface area contributed by atoms with E-state index in [4.69, 9.17) is 9.72 Å². The molecule has 1 N–H and O–H groups in total. The van der Waals surface area contributed by atoms with E-state index in [1.54, 1.807) is 11.8 Å². The molecule has 7 heteroatoms. The lowest BCUT2D eigenvalue weighted by Crippen LogP contribution is -2.42. The van der Waals surface area contributed by atoms with Gasteiger partial charge in [0.25, 0.3) is 0 Å². The number of carbonyl (C=O) groups is 2. The minimum atomic E-state index is -0.892. The van der Waals surface area contributed by atoms with Crippen LogP contribution in [0.15, 0.2) is 42.5 Å². The van der Waals surface area contributed by atoms with E-state index in [0.29, 0.717) is 5.82 Å². The molecule has 184 valence electrons. The Morgan fingerprint density at radius 3 is 2.60 bits per heavy atom. The van der Waals surface area contributed by atoms with Crippen molar-refractivity contribution in [2.45, 2.75) is 70.6 Å². The van der Waals surface area contributed by atoms with Gasteiger partial charge >= 0.3 is 6.09 Å². The molecule has 2 aromatic carbocycles. The van der Waals surface area contributed by atoms with Gasteiger partial charge in [-0.25, -0.2) is 9.78 Å². The van der Waals surface area contributed by atoms with E-state index in [1.807, 2.05) is 49.4 Å². The summed E-state index contributed by atoms with van der Waals surface area (Å²) in [6, 6.07) is 13.7. The summed E-state index contributed by atoms with van der Waals surface area (Å²) in [5.41, 5.74) is 4.37. The van der Waals surface area contributed by atoms with Crippen molar-refractivity contribution in [3.8, 4) is 0 Å². The van der Waals surface area contributed by atoms with Gasteiger partial charge in [0.2, 0.25) is 0 Å². The number of anilines is 1. The third-order valence-corrected chi connectivity index (χ3v) is 7.80. The lowest BCUT2D eigenvalue weighted by atomic mass is 9.83. The van der Waals surface area contributed by atoms with Gasteiger partial charge in [-0.2, -0.15) is 0 Å². The number of benzene rings is 2. The van der Waals surface area contributed by atoms with E-state index >= 15 is 0 Å². The first-order valence-corrected chi connectivity index (χ1v) is 12.5. The van der Waals surface area contributed by atoms with E-state index in [0.717, 1.165) is 66.4 Å². The molecule has 1 amide bonds. The smallest absolute Gasteiger partial charge is 0.414 e. The Morgan fingerprint density at radius 2 is 1.89 bits per heavy atom. The number of aliphatic hydroxyl groups is 1. The van der Waals surface area contributed by atoms with Crippen LogP contribution in [-0.4, -0.2) is 39.7 Å². The maximum atomic E-state index is 12.6. The van der Waals surface area contributed by atoms with Gasteiger partial charge in [-0.05, 0) is 63.6 Å². The Labute approximate surface area is 205 Å². The van der Waals surface area contributed by atoms with Gasteiger partial charge in [-0.3, -0.25) is 9.69 Å². The number of hydrogen-bond acceptors (Lipinski definition) is 5. The SMILES string of the molecule is COC(=O)N1c2ccc3c(nc([C@H](O)c4ccccc4)n3[C@H]3CCC[C@@H](C(C)=O)C3)c2CC[C@@H]1C. The Kier molecular flexibility index (Phi) is 6.36. The number of ether oxygens (including phenoxy) is 1. The van der Waals surface area contributed by atoms with Crippen molar-refractivity contribution in [2.24, 2.45) is 5.92 Å². The van der Waals surface area contributed by atoms with Gasteiger partial charge in [0.15, 0.2) is 0 Å². The van der Waals surface area contributed by atoms with E-state index in [2.05, 4.69) is 4.57 Å². The summed E-state index contributed by atoms with van der Waals surface area (Å²) in [7, 11) is 1.40. The summed E-state index contributed by atoms with van der Waals surface area (Å²) in [5, 5.41) is 11.5. The topological polar surface area (TPSA) is 84.7 Å². The van der Waals surface area contributed by atoms with Crippen LogP contribution in [0.3, 0.4) is 0 Å². The second-order valence-electron chi connectivity index (χ2n) is 9.94. The molecule has 2 heterocycles. The molecule has 1 fully saturated rings. The third kappa shape index (κ3) is 4.12. The molecule has 0 unspecified atom stereocenters. The number of Topliss-reactive ketones (excluding diaryl/α,β-unsaturated/α-hetero) is 1. The lowest BCUT2D eigenvalue weighted by Gasteiger charge is -2.34. The van der Waals surface area contributed by atoms with Crippen molar-refractivity contribution in [3.63, 3.8) is 0 Å². The van der Waals surface area contributed by atoms with Crippen molar-refractivity contribution in [2.75, 3.05) is 12.0 Å². The molecule has 7 nitrogen and oxygen atoms in total. The number of nitrogens with zero attached hydrogens (tertiary/aromatic N) is 3. The Bertz CT molecular complexity index is 1250. The molecule has 1 aromatic heterocycles. The Balaban J connectivity index is 1.69. The highest BCUT2D eigenvalue weighted by molar-refractivity contribution is 5.95. The van der Waals surface area contributed by atoms with E-state index in [1.165, 1.54) is 7.11 Å². The first-order valence-electron chi connectivity index (χ1n) is 12.5. The highest BCUT2D eigenvalue weighted by atomic mass is 16.5. The summed E-state index contributed by atoms with van der Waals surface area (Å²) >= 11 is 0. The molecular weight excluding hydrogens is 442 g/mol. The largest absolute Gasteiger partial charge is 0.452 e. The van der Waals surface area contributed by atoms with Crippen molar-refractivity contribution in [3.05, 3.63) is 59.4 Å². The molecule has 2 aliphatic rings. The molecular formula is C28H33N3O4. The van der Waals surface area contributed by atoms with Crippen LogP contribution in [0.2, 0.25) is 0 Å². The fourth-order valence-corrected chi connectivity index (χ4v) is 5.92. The fourth-order valence-electron chi connectivity index (χ4n) is 5.92. The molecule has 4 atom stereocenters. The quantitative estimate of drug-likeness (QED) is 0.550. The Hall–Kier alpha value is -3.19. The van der Waals surface area contributed by atoms with Crippen LogP contribution < -0.4 is 4.90 Å². The number of aryl methyl sites for hydroxylation is 1. The average molecular weight is 476 g/mol. The predicted molar refractivity (Wildman–Crippen MR) is 135 cm³/mol. The van der Waals surface area contributed by atoms with Gasteiger partial charge in [0, 0.05) is 23.6 Å². The zero-order chi connectivity index (χ0) is 24.7. The molecule has 1 saturated carbocycles. The first kappa shape index (κ1) is 23.5. The second-order valence-corrected chi connectivity index (χ2v) is 9.94. The third-order valence-electron chi connectivity index (χ3n) is 7.80. The van der Waals surface area contributed by atoms with Crippen LogP contribution in [0, 0.1) is 5.92 Å². The number of carbonyl (C=O) groups excluding carboxylic acids is 2. The van der Waals surface area contributed by atoms with E-state index in [-0.39, 0.29) is 29.9 Å². The summed E-state index contributed by atoms with van der Waals surface area (Å²) in [4.78, 5) is 31.6. The number of amides is 1. The van der Waals surface area contributed by atoms with Crippen molar-refractivity contribution in [1.82, 2.24) is 9.55 Å². The van der Waals surface area contributed by atoms with Crippen LogP contribution >= 0.6 is 0 Å². The molecule has 0 saturated heterocycles. The summed E-state index contributed by atoms with van der Waals surface area (Å²) < 4.78 is 7.24. The number of methoxy groups -OCH3 is 1. The highest BCUT2D eigenvalue weighted by Gasteiger charge is 2.34. The zero-order valence-electron chi connectivity index (χ0n) is 20.6. The number of fused-ring (bicyclic) bond motifs is 3. The van der Waals surface area contributed by atoms with Crippen molar-refractivity contribution in [1.29, 1.82) is 0 Å². The first-order chi connectivity index (χ1) is 16.9. The van der Waals surface area contributed by atoms with Gasteiger partial charge in [-0.15, -0.1) is 0 Å². The van der Waals surface area contributed by atoms with Gasteiger partial charge in [0.1, 0.15) is 17.7 Å². The minimum absolute atomic E-state index is 0.0264. The number of aliphatic hydroxyl groups excluding tert-OH is 1. The molecule has 5 rings (SSSR count). The van der Waals surface area contributed by atoms with Crippen LogP contribution in [-0.2, 0) is 16.0 Å². The molecule has 0 bridgehead atoms. The standard InChI is InChI=1S/C28H33N3O4/c1-17-12-13-22-23(30(17)28(34)35-3)14-15-24-25(22)29-27(26(33)19-8-5-4-6-9-19)31(24)21-11-7-10-20(16-21)18(2)32/h4-6,8-9,14-15,17,20-21,26,33H,7,10-13,16H2,1-3H3/t17-,20+,21-,26+/m0/s1. The van der Waals surface area contributed by atoms with Crippen LogP contribution in [0.25, 0.3) is 11.0 Å². The normalized spacial score (nSPS) is 23.1. The van der Waals surface area contributed by atoms with Gasteiger partial charge in [0.05, 0.1) is 23.8 Å². The zero-order valence-corrected chi connectivity index (χ0v) is 20.6. The van der Waals surface area contributed by atoms with Gasteiger partial charge < -0.3 is 14.4 Å². The number of imidazole rings is 1. The fraction of sp³-hybridized carbons (Fsp3) is 0.464. The molecule has 1 aliphatic carbocycles. The molecule has 0 spiro atoms. The maximum Gasteiger partial charge on any atom is 0.414 e. The highest BCUT2D eigenvalue weighted by Crippen LogP contribution is 2.42. The van der Waals surface area contributed by atoms with Crippen molar-refractivity contribution < 1.29 is 19.4 Å². The van der Waals surface area contributed by atoms with E-state index < -0.39 is 6.10 Å². The summed E-state index contributed by atoms with van der Waals surface area (Å²) in [6.45, 7) is 3.70. The number of aromatic nitrogens is 2. The predicted octanol–water partition coefficient (Wildman–Crippen LogP) is 5.35. The van der Waals surface area contributed by atoms with E-state index in [9.17, 15) is 14.7 Å². The average Bonchev–Trinajstić information content (AvgIpc) is 3.28. The molecule has 35 heavy (non-hydrogen) atoms. The van der Waals surface area contributed by atoms with Gasteiger partial charge in [-0.1, -0.05) is 36.8 Å². The van der Waals surface area contributed by atoms with Crippen LogP contribution in [0.1, 0.15) is 75.0 Å². The van der Waals surface area contributed by atoms with Crippen LogP contribution in [0.4, 0.5) is 10.5 Å². The molecule has 0 radical (unpaired) electrons. The van der Waals surface area contributed by atoms with Crippen LogP contribution in [0.5, 0.6) is 0 Å². The minimum Gasteiger partial charge on any atom is -0.452 e. The number of hydrogen-bond donors (Lipinski definition) is 1. The summed E-state index contributed by atoms with van der Waals surface area (Å²) in [5.74, 6) is 0.850. The number of rotatable bonds is 4. The van der Waals surface area contributed by atoms with Crippen molar-refractivity contribution >= 4 is 28.6 Å². The monoisotopic (exact) mass is 475 g/mol. The summed E-state index contributed by atoms with van der Waals surface area (Å²) in [6.07, 6.45) is 3.89.